The number of hydrogen-bond acceptors (Lipinski definition) is 14. The van der Waals surface area contributed by atoms with Crippen LogP contribution in [0, 0.1) is 35.5 Å². The van der Waals surface area contributed by atoms with Crippen LogP contribution in [0.4, 0.5) is 0 Å². The van der Waals surface area contributed by atoms with Gasteiger partial charge >= 0.3 is 5.97 Å². The van der Waals surface area contributed by atoms with E-state index in [-0.39, 0.29) is 78.5 Å². The Balaban J connectivity index is 1.13. The molecule has 65 heavy (non-hydrogen) atoms. The van der Waals surface area contributed by atoms with Crippen LogP contribution in [0.15, 0.2) is 48.2 Å². The number of Topliss-reactive ketones (excluding diaryl/α,β-unsaturated/α-hetero) is 1. The van der Waals surface area contributed by atoms with Crippen LogP contribution in [0.25, 0.3) is 17.0 Å². The first-order valence-corrected chi connectivity index (χ1v) is 24.0. The van der Waals surface area contributed by atoms with Crippen LogP contribution in [-0.2, 0) is 47.5 Å². The number of ether oxygens (including phenoxy) is 9. The third-order valence-corrected chi connectivity index (χ3v) is 15.5. The molecule has 6 aliphatic rings. The first kappa shape index (κ1) is 47.9. The van der Waals surface area contributed by atoms with Gasteiger partial charge in [0.05, 0.1) is 44.1 Å². The van der Waals surface area contributed by atoms with Gasteiger partial charge in [-0.2, -0.15) is 0 Å². The summed E-state index contributed by atoms with van der Waals surface area (Å²) in [7, 11) is 10.8. The fourth-order valence-electron chi connectivity index (χ4n) is 12.0. The number of likely N-dealkylation sites (N-methyl/N-ethyl adjacent to an activating group) is 1. The zero-order valence-corrected chi connectivity index (χ0v) is 40.0. The minimum atomic E-state index is -0.699. The number of esters is 1. The molecule has 358 valence electrons. The highest BCUT2D eigenvalue weighted by molar-refractivity contribution is 5.99. The maximum atomic E-state index is 15.2. The number of ketones is 1. The number of fused-ring (bicyclic) bond motifs is 5. The highest BCUT2D eigenvalue weighted by Gasteiger charge is 2.55. The molecule has 15 nitrogen and oxygen atoms in total. The number of benzene rings is 1. The number of nitrogens with zero attached hydrogens (tertiary/aromatic N) is 4. The predicted octanol–water partition coefficient (Wildman–Crippen LogP) is 6.74. The highest BCUT2D eigenvalue weighted by Crippen LogP contribution is 2.57. The molecule has 0 bridgehead atoms. The topological polar surface area (TPSA) is 151 Å². The second-order valence-corrected chi connectivity index (χ2v) is 19.4. The van der Waals surface area contributed by atoms with Gasteiger partial charge in [0.2, 0.25) is 0 Å². The lowest BCUT2D eigenvalue weighted by molar-refractivity contribution is -0.314. The molecule has 0 radical (unpaired) electrons. The third-order valence-electron chi connectivity index (χ3n) is 15.5. The molecule has 3 aliphatic carbocycles. The number of rotatable bonds is 12. The van der Waals surface area contributed by atoms with E-state index >= 15 is 4.79 Å². The maximum absolute atomic E-state index is 15.2. The van der Waals surface area contributed by atoms with Gasteiger partial charge < -0.3 is 47.5 Å². The van der Waals surface area contributed by atoms with Gasteiger partial charge in [-0.1, -0.05) is 31.2 Å². The summed E-state index contributed by atoms with van der Waals surface area (Å²) in [5.41, 5.74) is 3.30. The maximum Gasteiger partial charge on any atom is 0.306 e. The lowest BCUT2D eigenvalue weighted by atomic mass is 9.69. The molecule has 4 fully saturated rings. The van der Waals surface area contributed by atoms with Gasteiger partial charge in [-0.3, -0.25) is 9.59 Å². The van der Waals surface area contributed by atoms with E-state index in [4.69, 9.17) is 47.8 Å². The van der Waals surface area contributed by atoms with Crippen molar-refractivity contribution in [2.45, 2.75) is 153 Å². The fourth-order valence-corrected chi connectivity index (χ4v) is 12.0. The molecule has 4 heterocycles. The Morgan fingerprint density at radius 1 is 0.815 bits per heavy atom. The van der Waals surface area contributed by atoms with Crippen molar-refractivity contribution in [3.8, 4) is 17.0 Å². The molecule has 1 saturated carbocycles. The first-order chi connectivity index (χ1) is 31.3. The zero-order valence-electron chi connectivity index (χ0n) is 40.0. The molecule has 8 rings (SSSR count). The van der Waals surface area contributed by atoms with Crippen molar-refractivity contribution in [2.75, 3.05) is 42.5 Å². The van der Waals surface area contributed by atoms with Crippen molar-refractivity contribution < 1.29 is 52.2 Å². The summed E-state index contributed by atoms with van der Waals surface area (Å²) in [5.74, 6) is -0.522. The molecule has 15 heteroatoms. The van der Waals surface area contributed by atoms with E-state index in [0.29, 0.717) is 43.7 Å². The predicted molar refractivity (Wildman–Crippen MR) is 241 cm³/mol. The largest absolute Gasteiger partial charge is 0.497 e. The average Bonchev–Trinajstić information content (AvgIpc) is 4.05. The van der Waals surface area contributed by atoms with Crippen LogP contribution in [0.1, 0.15) is 85.5 Å². The first-order valence-electron chi connectivity index (χ1n) is 24.0. The monoisotopic (exact) mass is 905 g/mol. The SMILES string of the molecule is CC[C@H]1CCC[C@H](O[C@H]2CC[C@H](N(C)C)C(C)O2)[C@@H](C)C(=O)C2=C[C@@H]3[C@@H](C=C(n4cc(-c5ccc(OC)cc5)nn4)[C@@H]4C[C@@H](O[C@@H]5OC(C)[C@H](OC)C(OC)C5OC)C[C@@H]34)[C@@H]2CC(=O)O1. The smallest absolute Gasteiger partial charge is 0.306 e. The Bertz CT molecular complexity index is 2010. The van der Waals surface area contributed by atoms with Crippen LogP contribution in [0.5, 0.6) is 5.75 Å². The number of allylic oxidation sites excluding steroid dienone is 4. The molecule has 3 aliphatic heterocycles. The van der Waals surface area contributed by atoms with E-state index in [1.54, 1.807) is 28.4 Å². The summed E-state index contributed by atoms with van der Waals surface area (Å²) in [4.78, 5) is 31.4. The molecule has 3 saturated heterocycles. The third kappa shape index (κ3) is 9.90. The Morgan fingerprint density at radius 2 is 1.57 bits per heavy atom. The molecule has 1 aromatic carbocycles. The van der Waals surface area contributed by atoms with Crippen molar-refractivity contribution >= 4 is 17.4 Å². The summed E-state index contributed by atoms with van der Waals surface area (Å²) in [6.45, 7) is 8.13. The second-order valence-electron chi connectivity index (χ2n) is 19.4. The quantitative estimate of drug-likeness (QED) is 0.207. The minimum Gasteiger partial charge on any atom is -0.497 e. The zero-order chi connectivity index (χ0) is 46.1. The van der Waals surface area contributed by atoms with Gasteiger partial charge in [0.15, 0.2) is 18.4 Å². The van der Waals surface area contributed by atoms with Crippen molar-refractivity contribution in [1.29, 1.82) is 0 Å². The Hall–Kier alpha value is -3.54. The summed E-state index contributed by atoms with van der Waals surface area (Å²) in [6.07, 6.45) is 8.98. The molecular formula is C50H72N4O11. The minimum absolute atomic E-state index is 0.00232. The molecule has 0 N–H and O–H groups in total. The molecule has 2 aromatic rings. The van der Waals surface area contributed by atoms with Gasteiger partial charge in [-0.05, 0) is 127 Å². The van der Waals surface area contributed by atoms with Gasteiger partial charge in [-0.15, -0.1) is 5.10 Å². The normalized spacial score (nSPS) is 39.0. The van der Waals surface area contributed by atoms with E-state index in [9.17, 15) is 4.79 Å². The molecule has 1 aromatic heterocycles. The molecule has 0 amide bonds. The molecule has 17 atom stereocenters. The van der Waals surface area contributed by atoms with E-state index in [2.05, 4.69) is 50.1 Å². The fraction of sp³-hybridized carbons (Fsp3) is 0.720. The van der Waals surface area contributed by atoms with Gasteiger partial charge in [0.25, 0.3) is 0 Å². The number of hydrogen-bond donors (Lipinski definition) is 0. The van der Waals surface area contributed by atoms with Gasteiger partial charge in [0, 0.05) is 56.4 Å². The van der Waals surface area contributed by atoms with Gasteiger partial charge in [-0.25, -0.2) is 4.68 Å². The average molecular weight is 905 g/mol. The molecule has 4 unspecified atom stereocenters. The summed E-state index contributed by atoms with van der Waals surface area (Å²) in [6, 6.07) is 8.06. The van der Waals surface area contributed by atoms with E-state index < -0.39 is 36.6 Å². The lowest BCUT2D eigenvalue weighted by Crippen LogP contribution is -2.59. The number of carbonyl (C=O) groups excluding carboxylic acids is 2. The number of cyclic esters (lactones) is 1. The van der Waals surface area contributed by atoms with E-state index in [1.807, 2.05) is 49.0 Å². The van der Waals surface area contributed by atoms with Crippen LogP contribution >= 0.6 is 0 Å². The van der Waals surface area contributed by atoms with Crippen LogP contribution in [0.3, 0.4) is 0 Å². The number of methoxy groups -OCH3 is 4. The summed E-state index contributed by atoms with van der Waals surface area (Å²) < 4.78 is 57.9. The number of carbonyl (C=O) groups is 2. The lowest BCUT2D eigenvalue weighted by Gasteiger charge is -2.44. The van der Waals surface area contributed by atoms with Crippen molar-refractivity contribution in [3.05, 3.63) is 48.2 Å². The Labute approximate surface area is 384 Å². The number of aromatic nitrogens is 3. The van der Waals surface area contributed by atoms with Crippen molar-refractivity contribution in [1.82, 2.24) is 19.9 Å². The van der Waals surface area contributed by atoms with Crippen molar-refractivity contribution in [2.24, 2.45) is 35.5 Å². The summed E-state index contributed by atoms with van der Waals surface area (Å²) >= 11 is 0. The standard InChI is InChI=1S/C50H72N4O11/c1-11-31-13-12-14-43(65-45-20-19-41(53(5)6)28(3)61-45)27(2)46(56)39-23-35-34-21-33(64-50-49(60-10)48(59-9)47(58-8)29(4)62-50)22-38(34)42(24-36(35)37(39)25-44(55)63-31)54-26-40(51-52-54)30-15-17-32(57-7)18-16-30/h15-18,23-24,26-29,31,33-38,41,43,45,47-50H,11-14,19-22,25H2,1-10H3/t27-,28?,29?,31+,33+,34+,35+,36-,37+,38-,41+,43+,45+,47+,48?,49?,50+/m1/s1. The molecule has 0 spiro atoms. The van der Waals surface area contributed by atoms with Crippen LogP contribution in [-0.4, -0.2) is 142 Å². The van der Waals surface area contributed by atoms with Crippen molar-refractivity contribution in [3.63, 3.8) is 0 Å². The van der Waals surface area contributed by atoms with Crippen LogP contribution < -0.4 is 4.74 Å². The Kier molecular flexibility index (Phi) is 15.3. The molecular weight excluding hydrogens is 833 g/mol. The van der Waals surface area contributed by atoms with E-state index in [0.717, 1.165) is 42.0 Å². The van der Waals surface area contributed by atoms with Crippen LogP contribution in [0.2, 0.25) is 0 Å². The highest BCUT2D eigenvalue weighted by atomic mass is 16.7. The van der Waals surface area contributed by atoms with Gasteiger partial charge in [0.1, 0.15) is 35.9 Å². The summed E-state index contributed by atoms with van der Waals surface area (Å²) in [5, 5.41) is 9.37. The second kappa shape index (κ2) is 20.8. The van der Waals surface area contributed by atoms with E-state index in [1.165, 1.54) is 0 Å². The Morgan fingerprint density at radius 3 is 2.25 bits per heavy atom.